The van der Waals surface area contributed by atoms with Crippen molar-refractivity contribution < 1.29 is 22.3 Å². The van der Waals surface area contributed by atoms with Gasteiger partial charge < -0.3 is 5.21 Å². The second-order valence-electron chi connectivity index (χ2n) is 3.51. The van der Waals surface area contributed by atoms with E-state index < -0.39 is 0 Å². The Hall–Kier alpha value is -0.0105. The van der Waals surface area contributed by atoms with Gasteiger partial charge in [-0.25, -0.2) is 0 Å². The summed E-state index contributed by atoms with van der Waals surface area (Å²) in [7, 11) is 0. The fraction of sp³-hybridized carbons (Fsp3) is 0.154. The molecule has 0 saturated heterocycles. The Morgan fingerprint density at radius 1 is 1.00 bits per heavy atom. The van der Waals surface area contributed by atoms with Crippen LogP contribution in [0, 0.1) is 63.2 Å². The van der Waals surface area contributed by atoms with Crippen LogP contribution in [0.1, 0.15) is 12.8 Å². The maximum absolute atomic E-state index is 8.91. The van der Waals surface area contributed by atoms with Gasteiger partial charge in [0.15, 0.2) is 0 Å². The van der Waals surface area contributed by atoms with Crippen molar-refractivity contribution >= 4 is 5.71 Å². The molecule has 2 fully saturated rings. The van der Waals surface area contributed by atoms with E-state index in [2.05, 4.69) is 18.0 Å². The predicted octanol–water partition coefficient (Wildman–Crippen LogP) is 2.40. The minimum atomic E-state index is 0. The Balaban J connectivity index is 0.00000128. The summed E-state index contributed by atoms with van der Waals surface area (Å²) in [5, 5.41) is 12.3. The van der Waals surface area contributed by atoms with E-state index in [1.165, 1.54) is 5.92 Å². The van der Waals surface area contributed by atoms with E-state index in [0.717, 1.165) is 24.5 Å². The van der Waals surface area contributed by atoms with Crippen molar-refractivity contribution in [1.29, 1.82) is 0 Å². The summed E-state index contributed by atoms with van der Waals surface area (Å²) in [5.74, 6) is 2.28. The molecule has 0 amide bonds. The maximum Gasteiger partial charge on any atom is 0.0648 e. The third-order valence-electron chi connectivity index (χ3n) is 2.50. The molecule has 0 bridgehead atoms. The third kappa shape index (κ3) is 3.78. The van der Waals surface area contributed by atoms with Crippen molar-refractivity contribution in [2.75, 3.05) is 0 Å². The topological polar surface area (TPSA) is 32.6 Å². The average Bonchev–Trinajstić information content (AvgIpc) is 2.90. The van der Waals surface area contributed by atoms with Gasteiger partial charge in [0.05, 0.1) is 5.71 Å². The first-order valence-electron chi connectivity index (χ1n) is 5.04. The van der Waals surface area contributed by atoms with Gasteiger partial charge >= 0.3 is 0 Å². The van der Waals surface area contributed by atoms with Gasteiger partial charge in [0.25, 0.3) is 0 Å². The molecule has 2 aliphatic rings. The minimum Gasteiger partial charge on any atom is -0.411 e. The van der Waals surface area contributed by atoms with Crippen molar-refractivity contribution in [3.63, 3.8) is 0 Å². The van der Waals surface area contributed by atoms with Crippen LogP contribution in [-0.2, 0) is 17.1 Å². The fourth-order valence-electron chi connectivity index (χ4n) is 1.66. The molecule has 0 atom stereocenters. The number of nitrogens with zero attached hydrogens (tertiary/aromatic N) is 1. The van der Waals surface area contributed by atoms with Gasteiger partial charge in [0.2, 0.25) is 0 Å². The summed E-state index contributed by atoms with van der Waals surface area (Å²) in [6.07, 6.45) is 17.7. The van der Waals surface area contributed by atoms with Gasteiger partial charge in [-0.1, -0.05) is 5.16 Å². The molecular formula is C13H13FeNO. The predicted molar refractivity (Wildman–Crippen MR) is 59.3 cm³/mol. The van der Waals surface area contributed by atoms with Crippen molar-refractivity contribution in [1.82, 2.24) is 0 Å². The molecule has 0 unspecified atom stereocenters. The van der Waals surface area contributed by atoms with Gasteiger partial charge in [-0.3, -0.25) is 0 Å². The summed E-state index contributed by atoms with van der Waals surface area (Å²) >= 11 is 0. The van der Waals surface area contributed by atoms with Crippen molar-refractivity contribution in [2.24, 2.45) is 5.16 Å². The van der Waals surface area contributed by atoms with E-state index in [1.807, 2.05) is 38.5 Å². The molecule has 2 aliphatic carbocycles. The van der Waals surface area contributed by atoms with E-state index >= 15 is 0 Å². The molecule has 0 spiro atoms. The van der Waals surface area contributed by atoms with Crippen LogP contribution in [0.25, 0.3) is 0 Å². The summed E-state index contributed by atoms with van der Waals surface area (Å²) in [5.41, 5.74) is 0.751. The summed E-state index contributed by atoms with van der Waals surface area (Å²) in [6, 6.07) is 0. The Morgan fingerprint density at radius 3 is 2.12 bits per heavy atom. The van der Waals surface area contributed by atoms with Crippen molar-refractivity contribution in [2.45, 2.75) is 12.8 Å². The standard InChI is InChI=1S/C13H13NO.Fe/c15-14-13(12-7-3-4-8-12)10-9-11-5-1-2-6-11;/h1-8,15H,9-10H2;/b14-13+;. The van der Waals surface area contributed by atoms with Gasteiger partial charge in [0.1, 0.15) is 0 Å². The largest absolute Gasteiger partial charge is 0.411 e. The first-order valence-corrected chi connectivity index (χ1v) is 5.04. The molecule has 2 saturated carbocycles. The molecule has 0 heterocycles. The fourth-order valence-corrected chi connectivity index (χ4v) is 1.66. The molecule has 3 heteroatoms. The molecule has 1 N–H and O–H groups in total. The maximum atomic E-state index is 8.91. The zero-order chi connectivity index (χ0) is 10.5. The molecule has 0 aromatic carbocycles. The zero-order valence-corrected chi connectivity index (χ0v) is 9.89. The molecule has 0 aliphatic heterocycles. The van der Waals surface area contributed by atoms with E-state index in [0.29, 0.717) is 0 Å². The molecule has 10 radical (unpaired) electrons. The van der Waals surface area contributed by atoms with Crippen LogP contribution >= 0.6 is 0 Å². The van der Waals surface area contributed by atoms with E-state index in [-0.39, 0.29) is 17.1 Å². The third-order valence-corrected chi connectivity index (χ3v) is 2.50. The number of rotatable bonds is 4. The summed E-state index contributed by atoms with van der Waals surface area (Å²) in [4.78, 5) is 0. The smallest absolute Gasteiger partial charge is 0.0648 e. The first-order chi connectivity index (χ1) is 7.40. The number of hydrogen-bond acceptors (Lipinski definition) is 2. The van der Waals surface area contributed by atoms with Crippen LogP contribution in [0.5, 0.6) is 0 Å². The molecule has 0 aromatic heterocycles. The van der Waals surface area contributed by atoms with Crippen LogP contribution in [0.3, 0.4) is 0 Å². The molecule has 84 valence electrons. The van der Waals surface area contributed by atoms with Crippen LogP contribution < -0.4 is 0 Å². The van der Waals surface area contributed by atoms with Gasteiger partial charge in [-0.2, -0.15) is 0 Å². The molecule has 0 aromatic rings. The second kappa shape index (κ2) is 7.34. The summed E-state index contributed by atoms with van der Waals surface area (Å²) in [6.45, 7) is 0. The Labute approximate surface area is 109 Å². The van der Waals surface area contributed by atoms with Crippen LogP contribution in [-0.4, -0.2) is 10.9 Å². The van der Waals surface area contributed by atoms with Crippen molar-refractivity contribution in [3.8, 4) is 0 Å². The van der Waals surface area contributed by atoms with Crippen LogP contribution in [0.2, 0.25) is 0 Å². The minimum absolute atomic E-state index is 0. The van der Waals surface area contributed by atoms with Gasteiger partial charge in [-0.15, -0.1) is 0 Å². The van der Waals surface area contributed by atoms with E-state index in [9.17, 15) is 0 Å². The summed E-state index contributed by atoms with van der Waals surface area (Å²) < 4.78 is 0. The molecule has 2 rings (SSSR count). The molecule has 2 nitrogen and oxygen atoms in total. The van der Waals surface area contributed by atoms with Crippen LogP contribution in [0.4, 0.5) is 0 Å². The van der Waals surface area contributed by atoms with Gasteiger partial charge in [-0.05, 0) is 70.1 Å². The van der Waals surface area contributed by atoms with E-state index in [1.54, 1.807) is 0 Å². The number of oxime groups is 1. The van der Waals surface area contributed by atoms with Crippen LogP contribution in [0.15, 0.2) is 5.16 Å². The average molecular weight is 255 g/mol. The Kier molecular flexibility index (Phi) is 6.45. The van der Waals surface area contributed by atoms with Gasteiger partial charge in [0, 0.05) is 23.0 Å². The molecule has 16 heavy (non-hydrogen) atoms. The normalized spacial score (nSPS) is 23.6. The number of hydrogen-bond donors (Lipinski definition) is 1. The molecular weight excluding hydrogens is 242 g/mol. The Morgan fingerprint density at radius 2 is 1.56 bits per heavy atom. The second-order valence-corrected chi connectivity index (χ2v) is 3.51. The first kappa shape index (κ1) is 14.1. The SMILES string of the molecule is O/N=C(\CC[C]1[CH][CH][CH][CH]1)[C]1[CH][CH][CH][CH]1.[Fe]. The zero-order valence-electron chi connectivity index (χ0n) is 8.78. The van der Waals surface area contributed by atoms with Crippen molar-refractivity contribution in [3.05, 3.63) is 63.2 Å². The van der Waals surface area contributed by atoms with E-state index in [4.69, 9.17) is 5.21 Å². The Bertz CT molecular complexity index is 218. The quantitative estimate of drug-likeness (QED) is 0.356. The monoisotopic (exact) mass is 255 g/mol.